The summed E-state index contributed by atoms with van der Waals surface area (Å²) in [5, 5.41) is 3.88. The van der Waals surface area contributed by atoms with Gasteiger partial charge in [0.15, 0.2) is 0 Å². The van der Waals surface area contributed by atoms with Crippen LogP contribution in [0.15, 0.2) is 28.7 Å². The van der Waals surface area contributed by atoms with Crippen LogP contribution in [0.3, 0.4) is 0 Å². The highest BCUT2D eigenvalue weighted by Gasteiger charge is 2.21. The van der Waals surface area contributed by atoms with E-state index in [1.54, 1.807) is 0 Å². The van der Waals surface area contributed by atoms with Crippen LogP contribution in [0.25, 0.3) is 0 Å². The van der Waals surface area contributed by atoms with Crippen LogP contribution >= 0.6 is 15.9 Å². The smallest absolute Gasteiger partial charge is 0.0320 e. The molecule has 1 aromatic rings. The van der Waals surface area contributed by atoms with E-state index in [4.69, 9.17) is 0 Å². The standard InChI is InChI=1S/C18H29BrN2/c1-3-5-12-21-13-10-17(11-14-21)20-18(4-2)15-6-8-16(19)9-7-15/h6-9,17-18,20H,3-5,10-14H2,1-2H3. The van der Waals surface area contributed by atoms with Crippen molar-refractivity contribution < 1.29 is 0 Å². The van der Waals surface area contributed by atoms with Crippen LogP contribution in [0, 0.1) is 0 Å². The van der Waals surface area contributed by atoms with Gasteiger partial charge in [0.2, 0.25) is 0 Å². The Balaban J connectivity index is 1.82. The average molecular weight is 353 g/mol. The number of unbranched alkanes of at least 4 members (excludes halogenated alkanes) is 1. The summed E-state index contributed by atoms with van der Waals surface area (Å²) in [5.74, 6) is 0. The Bertz CT molecular complexity index is 396. The maximum atomic E-state index is 3.88. The fourth-order valence-electron chi connectivity index (χ4n) is 3.13. The summed E-state index contributed by atoms with van der Waals surface area (Å²) < 4.78 is 1.16. The molecule has 3 heteroatoms. The number of benzene rings is 1. The van der Waals surface area contributed by atoms with Gasteiger partial charge in [-0.2, -0.15) is 0 Å². The number of hydrogen-bond donors (Lipinski definition) is 1. The first kappa shape index (κ1) is 17.0. The Labute approximate surface area is 138 Å². The molecule has 1 unspecified atom stereocenters. The van der Waals surface area contributed by atoms with Crippen molar-refractivity contribution in [2.45, 2.75) is 58.0 Å². The normalized spacial score (nSPS) is 18.8. The van der Waals surface area contributed by atoms with Gasteiger partial charge in [-0.05, 0) is 63.0 Å². The molecule has 1 fully saturated rings. The molecule has 1 aromatic carbocycles. The van der Waals surface area contributed by atoms with Gasteiger partial charge in [0, 0.05) is 16.6 Å². The Morgan fingerprint density at radius 3 is 2.43 bits per heavy atom. The van der Waals surface area contributed by atoms with E-state index in [0.717, 1.165) is 10.9 Å². The molecular formula is C18H29BrN2. The zero-order valence-electron chi connectivity index (χ0n) is 13.4. The van der Waals surface area contributed by atoms with Crippen molar-refractivity contribution in [3.8, 4) is 0 Å². The minimum Gasteiger partial charge on any atom is -0.307 e. The van der Waals surface area contributed by atoms with Gasteiger partial charge in [0.05, 0.1) is 0 Å². The number of nitrogens with zero attached hydrogens (tertiary/aromatic N) is 1. The molecule has 0 amide bonds. The lowest BCUT2D eigenvalue weighted by Gasteiger charge is -2.34. The number of nitrogens with one attached hydrogen (secondary N) is 1. The average Bonchev–Trinajstić information content (AvgIpc) is 2.53. The van der Waals surface area contributed by atoms with Gasteiger partial charge < -0.3 is 10.2 Å². The van der Waals surface area contributed by atoms with Crippen LogP contribution in [-0.4, -0.2) is 30.6 Å². The van der Waals surface area contributed by atoms with Crippen molar-refractivity contribution in [2.75, 3.05) is 19.6 Å². The molecule has 0 aromatic heterocycles. The van der Waals surface area contributed by atoms with E-state index in [9.17, 15) is 0 Å². The van der Waals surface area contributed by atoms with Gasteiger partial charge in [-0.1, -0.05) is 48.3 Å². The highest BCUT2D eigenvalue weighted by atomic mass is 79.9. The first-order valence-corrected chi connectivity index (χ1v) is 9.26. The number of likely N-dealkylation sites (tertiary alicyclic amines) is 1. The summed E-state index contributed by atoms with van der Waals surface area (Å²) in [4.78, 5) is 2.63. The second kappa shape index (κ2) is 8.92. The Hall–Kier alpha value is -0.380. The van der Waals surface area contributed by atoms with E-state index in [1.807, 2.05) is 0 Å². The summed E-state index contributed by atoms with van der Waals surface area (Å²) in [5.41, 5.74) is 1.41. The molecule has 1 N–H and O–H groups in total. The monoisotopic (exact) mass is 352 g/mol. The molecule has 21 heavy (non-hydrogen) atoms. The number of hydrogen-bond acceptors (Lipinski definition) is 2. The molecule has 1 saturated heterocycles. The Morgan fingerprint density at radius 2 is 1.86 bits per heavy atom. The second-order valence-corrected chi connectivity index (χ2v) is 7.06. The summed E-state index contributed by atoms with van der Waals surface area (Å²) in [6.45, 7) is 8.35. The molecule has 0 radical (unpaired) electrons. The minimum absolute atomic E-state index is 0.491. The molecule has 0 saturated carbocycles. The molecule has 1 aliphatic rings. The van der Waals surface area contributed by atoms with Crippen molar-refractivity contribution in [2.24, 2.45) is 0 Å². The second-order valence-electron chi connectivity index (χ2n) is 6.15. The summed E-state index contributed by atoms with van der Waals surface area (Å²) in [6, 6.07) is 9.94. The third-order valence-electron chi connectivity index (χ3n) is 4.53. The van der Waals surface area contributed by atoms with Crippen molar-refractivity contribution in [1.29, 1.82) is 0 Å². The third kappa shape index (κ3) is 5.39. The van der Waals surface area contributed by atoms with Crippen LogP contribution in [0.4, 0.5) is 0 Å². The van der Waals surface area contributed by atoms with Gasteiger partial charge >= 0.3 is 0 Å². The molecule has 1 atom stereocenters. The van der Waals surface area contributed by atoms with Crippen LogP contribution in [-0.2, 0) is 0 Å². The maximum Gasteiger partial charge on any atom is 0.0320 e. The van der Waals surface area contributed by atoms with E-state index in [0.29, 0.717) is 12.1 Å². The first-order valence-electron chi connectivity index (χ1n) is 8.46. The van der Waals surface area contributed by atoms with E-state index < -0.39 is 0 Å². The summed E-state index contributed by atoms with van der Waals surface area (Å²) in [6.07, 6.45) is 6.37. The highest BCUT2D eigenvalue weighted by Crippen LogP contribution is 2.22. The lowest BCUT2D eigenvalue weighted by molar-refractivity contribution is 0.188. The lowest BCUT2D eigenvalue weighted by Crippen LogP contribution is -2.43. The minimum atomic E-state index is 0.491. The highest BCUT2D eigenvalue weighted by molar-refractivity contribution is 9.10. The maximum absolute atomic E-state index is 3.88. The molecule has 0 spiro atoms. The van der Waals surface area contributed by atoms with Gasteiger partial charge in [0.25, 0.3) is 0 Å². The van der Waals surface area contributed by atoms with E-state index in [-0.39, 0.29) is 0 Å². The number of halogens is 1. The van der Waals surface area contributed by atoms with E-state index in [2.05, 4.69) is 64.3 Å². The van der Waals surface area contributed by atoms with Gasteiger partial charge in [-0.15, -0.1) is 0 Å². The topological polar surface area (TPSA) is 15.3 Å². The SMILES string of the molecule is CCCCN1CCC(NC(CC)c2ccc(Br)cc2)CC1. The Kier molecular flexibility index (Phi) is 7.21. The van der Waals surface area contributed by atoms with Crippen LogP contribution < -0.4 is 5.32 Å². The lowest BCUT2D eigenvalue weighted by atomic mass is 9.99. The summed E-state index contributed by atoms with van der Waals surface area (Å²) >= 11 is 3.52. The van der Waals surface area contributed by atoms with Gasteiger partial charge in [-0.25, -0.2) is 0 Å². The zero-order valence-corrected chi connectivity index (χ0v) is 15.0. The van der Waals surface area contributed by atoms with Gasteiger partial charge in [-0.3, -0.25) is 0 Å². The molecule has 0 bridgehead atoms. The number of rotatable bonds is 7. The molecule has 1 aliphatic heterocycles. The van der Waals surface area contributed by atoms with E-state index in [1.165, 1.54) is 50.9 Å². The quantitative estimate of drug-likeness (QED) is 0.761. The molecule has 118 valence electrons. The molecule has 2 rings (SSSR count). The van der Waals surface area contributed by atoms with Crippen molar-refractivity contribution >= 4 is 15.9 Å². The summed E-state index contributed by atoms with van der Waals surface area (Å²) in [7, 11) is 0. The van der Waals surface area contributed by atoms with Gasteiger partial charge in [0.1, 0.15) is 0 Å². The van der Waals surface area contributed by atoms with Crippen LogP contribution in [0.1, 0.15) is 57.6 Å². The largest absolute Gasteiger partial charge is 0.307 e. The van der Waals surface area contributed by atoms with Crippen LogP contribution in [0.5, 0.6) is 0 Å². The third-order valence-corrected chi connectivity index (χ3v) is 5.06. The van der Waals surface area contributed by atoms with Crippen LogP contribution in [0.2, 0.25) is 0 Å². The van der Waals surface area contributed by atoms with Crippen molar-refractivity contribution in [3.05, 3.63) is 34.3 Å². The molecule has 1 heterocycles. The zero-order chi connectivity index (χ0) is 15.1. The molecule has 0 aliphatic carbocycles. The fraction of sp³-hybridized carbons (Fsp3) is 0.667. The number of piperidine rings is 1. The first-order chi connectivity index (χ1) is 10.2. The van der Waals surface area contributed by atoms with Crippen molar-refractivity contribution in [3.63, 3.8) is 0 Å². The van der Waals surface area contributed by atoms with Crippen molar-refractivity contribution in [1.82, 2.24) is 10.2 Å². The predicted molar refractivity (Wildman–Crippen MR) is 94.7 cm³/mol. The Morgan fingerprint density at radius 1 is 1.19 bits per heavy atom. The van der Waals surface area contributed by atoms with E-state index >= 15 is 0 Å². The fourth-order valence-corrected chi connectivity index (χ4v) is 3.40. The molecular weight excluding hydrogens is 324 g/mol. The predicted octanol–water partition coefficient (Wildman–Crippen LogP) is 4.75. The molecule has 2 nitrogen and oxygen atoms in total.